The minimum atomic E-state index is -0.192. The molecule has 0 atom stereocenters. The molecule has 4 aliphatic rings. The lowest BCUT2D eigenvalue weighted by molar-refractivity contribution is -0.146. The highest BCUT2D eigenvalue weighted by atomic mass is 32.2. The van der Waals surface area contributed by atoms with E-state index in [0.717, 1.165) is 60.6 Å². The van der Waals surface area contributed by atoms with Crippen LogP contribution < -0.4 is 5.32 Å². The summed E-state index contributed by atoms with van der Waals surface area (Å²) in [5.74, 6) is 3.53. The Morgan fingerprint density at radius 2 is 1.67 bits per heavy atom. The lowest BCUT2D eigenvalue weighted by Crippen LogP contribution is -2.53. The first-order chi connectivity index (χ1) is 11.6. The summed E-state index contributed by atoms with van der Waals surface area (Å²) < 4.78 is 12.9. The summed E-state index contributed by atoms with van der Waals surface area (Å²) in [4.78, 5) is 13.9. The second kappa shape index (κ2) is 6.70. The molecular weight excluding hydrogens is 321 g/mol. The molecule has 0 aromatic heterocycles. The molecule has 24 heavy (non-hydrogen) atoms. The van der Waals surface area contributed by atoms with Crippen molar-refractivity contribution in [2.75, 3.05) is 12.3 Å². The van der Waals surface area contributed by atoms with E-state index in [-0.39, 0.29) is 11.2 Å². The van der Waals surface area contributed by atoms with E-state index in [4.69, 9.17) is 0 Å². The van der Waals surface area contributed by atoms with Gasteiger partial charge in [-0.25, -0.2) is 4.39 Å². The zero-order chi connectivity index (χ0) is 16.6. The molecule has 0 radical (unpaired) electrons. The Morgan fingerprint density at radius 3 is 2.25 bits per heavy atom. The van der Waals surface area contributed by atoms with Crippen molar-refractivity contribution >= 4 is 17.7 Å². The highest BCUT2D eigenvalue weighted by molar-refractivity contribution is 7.99. The van der Waals surface area contributed by atoms with Crippen molar-refractivity contribution < 1.29 is 9.18 Å². The van der Waals surface area contributed by atoms with Gasteiger partial charge < -0.3 is 5.32 Å². The van der Waals surface area contributed by atoms with Gasteiger partial charge in [-0.3, -0.25) is 4.79 Å². The first-order valence-electron chi connectivity index (χ1n) is 9.30. The Labute approximate surface area is 148 Å². The number of carbonyl (C=O) groups is 1. The summed E-state index contributed by atoms with van der Waals surface area (Å²) >= 11 is 1.72. The van der Waals surface area contributed by atoms with Crippen molar-refractivity contribution in [2.24, 2.45) is 23.2 Å². The van der Waals surface area contributed by atoms with Crippen LogP contribution in [0.5, 0.6) is 0 Å². The summed E-state index contributed by atoms with van der Waals surface area (Å²) in [6.07, 6.45) is 8.49. The molecule has 1 aromatic carbocycles. The maximum atomic E-state index is 12.9. The zero-order valence-electron chi connectivity index (χ0n) is 14.1. The second-order valence-electron chi connectivity index (χ2n) is 8.11. The summed E-state index contributed by atoms with van der Waals surface area (Å²) in [6, 6.07) is 6.62. The molecule has 130 valence electrons. The van der Waals surface area contributed by atoms with Gasteiger partial charge in [0.2, 0.25) is 5.91 Å². The Balaban J connectivity index is 1.22. The summed E-state index contributed by atoms with van der Waals surface area (Å²) in [5.41, 5.74) is -0.0289. The Bertz CT molecular complexity index is 565. The van der Waals surface area contributed by atoms with Crippen LogP contribution >= 0.6 is 11.8 Å². The van der Waals surface area contributed by atoms with Crippen LogP contribution in [-0.4, -0.2) is 18.2 Å². The molecule has 0 saturated heterocycles. The van der Waals surface area contributed by atoms with Crippen LogP contribution in [-0.2, 0) is 4.79 Å². The van der Waals surface area contributed by atoms with Gasteiger partial charge in [0.25, 0.3) is 0 Å². The van der Waals surface area contributed by atoms with Gasteiger partial charge in [0.05, 0.1) is 0 Å². The summed E-state index contributed by atoms with van der Waals surface area (Å²) in [5, 5.41) is 3.22. The number of benzene rings is 1. The van der Waals surface area contributed by atoms with Crippen LogP contribution in [0.1, 0.15) is 44.9 Å². The third-order valence-corrected chi connectivity index (χ3v) is 7.31. The Morgan fingerprint density at radius 1 is 1.08 bits per heavy atom. The van der Waals surface area contributed by atoms with Crippen LogP contribution in [0.4, 0.5) is 4.39 Å². The average molecular weight is 347 g/mol. The first kappa shape index (κ1) is 16.4. The van der Waals surface area contributed by atoms with Gasteiger partial charge in [-0.05, 0) is 92.7 Å². The molecule has 4 fully saturated rings. The van der Waals surface area contributed by atoms with Gasteiger partial charge in [0.15, 0.2) is 0 Å². The van der Waals surface area contributed by atoms with Crippen LogP contribution in [0.15, 0.2) is 29.2 Å². The minimum Gasteiger partial charge on any atom is -0.356 e. The van der Waals surface area contributed by atoms with Gasteiger partial charge in [-0.1, -0.05) is 0 Å². The fourth-order valence-electron chi connectivity index (χ4n) is 5.57. The maximum absolute atomic E-state index is 12.9. The topological polar surface area (TPSA) is 29.1 Å². The number of thioether (sulfide) groups is 1. The Hall–Kier alpha value is -1.03. The molecule has 0 heterocycles. The molecular formula is C20H26FNOS. The number of hydrogen-bond donors (Lipinski definition) is 1. The number of carbonyl (C=O) groups excluding carboxylic acids is 1. The van der Waals surface area contributed by atoms with Crippen molar-refractivity contribution in [3.63, 3.8) is 0 Å². The Kier molecular flexibility index (Phi) is 4.59. The smallest absolute Gasteiger partial charge is 0.226 e. The number of rotatable bonds is 6. The molecule has 5 rings (SSSR count). The van der Waals surface area contributed by atoms with E-state index in [1.165, 1.54) is 31.4 Å². The molecule has 4 aliphatic carbocycles. The van der Waals surface area contributed by atoms with E-state index in [2.05, 4.69) is 5.32 Å². The van der Waals surface area contributed by atoms with Crippen LogP contribution in [0.2, 0.25) is 0 Å². The molecule has 0 unspecified atom stereocenters. The predicted octanol–water partition coefficient (Wildman–Crippen LogP) is 4.64. The zero-order valence-corrected chi connectivity index (χ0v) is 14.9. The molecule has 1 aromatic rings. The molecule has 0 spiro atoms. The van der Waals surface area contributed by atoms with Gasteiger partial charge >= 0.3 is 0 Å². The predicted molar refractivity (Wildman–Crippen MR) is 95.4 cm³/mol. The minimum absolute atomic E-state index is 0.0289. The normalized spacial score (nSPS) is 33.6. The van der Waals surface area contributed by atoms with Crippen LogP contribution in [0.3, 0.4) is 0 Å². The maximum Gasteiger partial charge on any atom is 0.226 e. The molecule has 4 bridgehead atoms. The lowest BCUT2D eigenvalue weighted by atomic mass is 9.49. The third kappa shape index (κ3) is 3.35. The molecule has 1 N–H and O–H groups in total. The summed E-state index contributed by atoms with van der Waals surface area (Å²) in [7, 11) is 0. The average Bonchev–Trinajstić information content (AvgIpc) is 2.55. The first-order valence-corrected chi connectivity index (χ1v) is 10.3. The largest absolute Gasteiger partial charge is 0.356 e. The van der Waals surface area contributed by atoms with Crippen LogP contribution in [0.25, 0.3) is 0 Å². The van der Waals surface area contributed by atoms with Crippen LogP contribution in [0, 0.1) is 29.0 Å². The van der Waals surface area contributed by atoms with Gasteiger partial charge in [-0.15, -0.1) is 11.8 Å². The van der Waals surface area contributed by atoms with Crippen molar-refractivity contribution in [1.29, 1.82) is 0 Å². The van der Waals surface area contributed by atoms with E-state index in [1.807, 2.05) is 12.1 Å². The number of amides is 1. The molecule has 4 saturated carbocycles. The van der Waals surface area contributed by atoms with E-state index >= 15 is 0 Å². The fourth-order valence-corrected chi connectivity index (χ4v) is 6.42. The van der Waals surface area contributed by atoms with E-state index < -0.39 is 0 Å². The SMILES string of the molecule is O=C(NCCCSc1ccc(F)cc1)C12CC3CC(CC(C3)C1)C2. The highest BCUT2D eigenvalue weighted by Gasteiger charge is 2.54. The van der Waals surface area contributed by atoms with Crippen molar-refractivity contribution in [3.05, 3.63) is 30.1 Å². The lowest BCUT2D eigenvalue weighted by Gasteiger charge is -2.55. The fraction of sp³-hybridized carbons (Fsp3) is 0.650. The van der Waals surface area contributed by atoms with Crippen molar-refractivity contribution in [2.45, 2.75) is 49.8 Å². The number of hydrogen-bond acceptors (Lipinski definition) is 2. The quantitative estimate of drug-likeness (QED) is 0.600. The van der Waals surface area contributed by atoms with E-state index in [1.54, 1.807) is 11.8 Å². The van der Waals surface area contributed by atoms with Gasteiger partial charge in [-0.2, -0.15) is 0 Å². The molecule has 2 nitrogen and oxygen atoms in total. The second-order valence-corrected chi connectivity index (χ2v) is 9.28. The molecule has 1 amide bonds. The monoisotopic (exact) mass is 347 g/mol. The van der Waals surface area contributed by atoms with Gasteiger partial charge in [0, 0.05) is 16.9 Å². The van der Waals surface area contributed by atoms with E-state index in [9.17, 15) is 9.18 Å². The summed E-state index contributed by atoms with van der Waals surface area (Å²) in [6.45, 7) is 0.759. The number of nitrogens with one attached hydrogen (secondary N) is 1. The standard InChI is InChI=1S/C20H26FNOS/c21-17-2-4-18(5-3-17)24-7-1-6-22-19(23)20-11-14-8-15(12-20)10-16(9-14)13-20/h2-5,14-16H,1,6-13H2,(H,22,23). The third-order valence-electron chi connectivity index (χ3n) is 6.21. The number of halogens is 1. The highest BCUT2D eigenvalue weighted by Crippen LogP contribution is 2.60. The van der Waals surface area contributed by atoms with E-state index in [0.29, 0.717) is 5.91 Å². The molecule has 0 aliphatic heterocycles. The molecule has 4 heteroatoms. The van der Waals surface area contributed by atoms with Gasteiger partial charge in [0.1, 0.15) is 5.82 Å². The van der Waals surface area contributed by atoms with Crippen molar-refractivity contribution in [3.8, 4) is 0 Å². The van der Waals surface area contributed by atoms with Crippen molar-refractivity contribution in [1.82, 2.24) is 5.32 Å².